The van der Waals surface area contributed by atoms with Gasteiger partial charge in [0.15, 0.2) is 0 Å². The van der Waals surface area contributed by atoms with E-state index in [9.17, 15) is 5.26 Å². The van der Waals surface area contributed by atoms with Crippen LogP contribution in [-0.2, 0) is 0 Å². The second-order valence-electron chi connectivity index (χ2n) is 18.3. The van der Waals surface area contributed by atoms with Crippen molar-refractivity contribution in [3.05, 3.63) is 234 Å². The van der Waals surface area contributed by atoms with Gasteiger partial charge in [-0.15, -0.1) is 0 Å². The summed E-state index contributed by atoms with van der Waals surface area (Å²) in [5, 5.41) is 15.6. The monoisotopic (exact) mass is 870 g/mol. The molecule has 12 rings (SSSR count). The molecule has 3 aromatic heterocycles. The molecular weight excluding hydrogens is 825 g/mol. The van der Waals surface area contributed by atoms with Crippen LogP contribution in [0.4, 0.5) is 0 Å². The van der Waals surface area contributed by atoms with Crippen molar-refractivity contribution in [1.82, 2.24) is 14.1 Å². The molecule has 0 atom stereocenters. The van der Waals surface area contributed by atoms with Gasteiger partial charge in [-0.2, -0.15) is 5.26 Å². The topological polar surface area (TPSA) is 46.5 Å². The molecule has 0 saturated heterocycles. The average molecular weight is 871 g/mol. The summed E-state index contributed by atoms with van der Waals surface area (Å²) in [6.45, 7) is 8.58. The summed E-state index contributed by atoms with van der Waals surface area (Å²) in [6, 6.07) is 73.1. The number of aryl methyl sites for hydroxylation is 4. The number of benzene rings is 9. The van der Waals surface area contributed by atoms with Gasteiger partial charge in [0.2, 0.25) is 0 Å². The smallest absolute Gasteiger partial charge is 0.0993 e. The summed E-state index contributed by atoms with van der Waals surface area (Å²) in [4.78, 5) is 4.50. The van der Waals surface area contributed by atoms with E-state index in [-0.39, 0.29) is 0 Å². The Kier molecular flexibility index (Phi) is 9.74. The fourth-order valence-electron chi connectivity index (χ4n) is 10.4. The highest BCUT2D eigenvalue weighted by atomic mass is 15.0. The maximum atomic E-state index is 11.1. The van der Waals surface area contributed by atoms with Crippen LogP contribution in [0.1, 0.15) is 27.8 Å². The third kappa shape index (κ3) is 6.96. The van der Waals surface area contributed by atoms with Crippen LogP contribution in [0, 0.1) is 39.0 Å². The first-order valence-electron chi connectivity index (χ1n) is 23.2. The Morgan fingerprint density at radius 2 is 0.647 bits per heavy atom. The van der Waals surface area contributed by atoms with Gasteiger partial charge in [-0.1, -0.05) is 144 Å². The summed E-state index contributed by atoms with van der Waals surface area (Å²) in [5.41, 5.74) is 22.8. The van der Waals surface area contributed by atoms with E-state index in [2.05, 4.69) is 242 Å². The predicted molar refractivity (Wildman–Crippen MR) is 284 cm³/mol. The van der Waals surface area contributed by atoms with Gasteiger partial charge in [0, 0.05) is 39.5 Å². The van der Waals surface area contributed by atoms with Crippen molar-refractivity contribution >= 4 is 43.6 Å². The van der Waals surface area contributed by atoms with Crippen LogP contribution in [-0.4, -0.2) is 14.1 Å². The molecule has 0 fully saturated rings. The van der Waals surface area contributed by atoms with Gasteiger partial charge in [0.05, 0.1) is 45.1 Å². The lowest BCUT2D eigenvalue weighted by Crippen LogP contribution is -2.05. The average Bonchev–Trinajstić information content (AvgIpc) is 3.87. The van der Waals surface area contributed by atoms with E-state index in [1.54, 1.807) is 0 Å². The molecule has 322 valence electrons. The number of hydrogen-bond acceptors (Lipinski definition) is 2. The molecule has 0 amide bonds. The number of rotatable bonds is 7. The number of fused-ring (bicyclic) bond motifs is 6. The second kappa shape index (κ2) is 16.3. The Hall–Kier alpha value is -8.78. The molecular formula is C64H46N4. The molecule has 0 aliphatic carbocycles. The van der Waals surface area contributed by atoms with Gasteiger partial charge in [0.1, 0.15) is 0 Å². The van der Waals surface area contributed by atoms with Crippen LogP contribution < -0.4 is 0 Å². The van der Waals surface area contributed by atoms with Crippen molar-refractivity contribution in [3.8, 4) is 73.1 Å². The van der Waals surface area contributed by atoms with Gasteiger partial charge in [-0.05, 0) is 151 Å². The molecule has 0 spiro atoms. The largest absolute Gasteiger partial charge is 0.308 e. The SMILES string of the molecule is Cc1cccc(-c2ccc3c(c2)c2cc(-c4cccc(C)c4)ccc2n3-c2cc(C#N)cc(-n3c4ccc(-c5cccc(C)c5)cc4c4cc(-c5cccc(C)c5)ccc43)c2-c2ccncc2)c1. The Labute approximate surface area is 396 Å². The molecule has 4 heteroatoms. The van der Waals surface area contributed by atoms with E-state index in [0.717, 1.165) is 88.4 Å². The van der Waals surface area contributed by atoms with E-state index in [0.29, 0.717) is 5.56 Å². The molecule has 0 unspecified atom stereocenters. The van der Waals surface area contributed by atoms with Crippen molar-refractivity contribution in [1.29, 1.82) is 5.26 Å². The van der Waals surface area contributed by atoms with Gasteiger partial charge < -0.3 is 9.13 Å². The minimum absolute atomic E-state index is 0.568. The lowest BCUT2D eigenvalue weighted by atomic mass is 9.98. The van der Waals surface area contributed by atoms with Crippen LogP contribution in [0.5, 0.6) is 0 Å². The first-order chi connectivity index (χ1) is 33.3. The van der Waals surface area contributed by atoms with Crippen molar-refractivity contribution in [2.24, 2.45) is 0 Å². The Bertz CT molecular complexity index is 3590. The summed E-state index contributed by atoms with van der Waals surface area (Å²) in [6.07, 6.45) is 3.73. The quantitative estimate of drug-likeness (QED) is 0.160. The molecule has 4 nitrogen and oxygen atoms in total. The maximum Gasteiger partial charge on any atom is 0.0993 e. The van der Waals surface area contributed by atoms with Crippen LogP contribution in [0.3, 0.4) is 0 Å². The first kappa shape index (κ1) is 40.7. The fraction of sp³-hybridized carbons (Fsp3) is 0.0625. The molecule has 0 saturated carbocycles. The van der Waals surface area contributed by atoms with E-state index in [1.807, 2.05) is 12.4 Å². The molecule has 0 bridgehead atoms. The highest BCUT2D eigenvalue weighted by Gasteiger charge is 2.24. The zero-order valence-corrected chi connectivity index (χ0v) is 38.4. The normalized spacial score (nSPS) is 11.5. The summed E-state index contributed by atoms with van der Waals surface area (Å²) >= 11 is 0. The number of nitriles is 1. The molecule has 9 aromatic carbocycles. The summed E-state index contributed by atoms with van der Waals surface area (Å²) in [5.74, 6) is 0. The van der Waals surface area contributed by atoms with Crippen molar-refractivity contribution in [2.75, 3.05) is 0 Å². The highest BCUT2D eigenvalue weighted by molar-refractivity contribution is 6.14. The maximum absolute atomic E-state index is 11.1. The van der Waals surface area contributed by atoms with Crippen molar-refractivity contribution < 1.29 is 0 Å². The Morgan fingerprint density at radius 1 is 0.338 bits per heavy atom. The first-order valence-corrected chi connectivity index (χ1v) is 23.2. The third-order valence-electron chi connectivity index (χ3n) is 13.6. The fourth-order valence-corrected chi connectivity index (χ4v) is 10.4. The minimum Gasteiger partial charge on any atom is -0.308 e. The van der Waals surface area contributed by atoms with Crippen LogP contribution in [0.25, 0.3) is 111 Å². The van der Waals surface area contributed by atoms with Crippen molar-refractivity contribution in [2.45, 2.75) is 27.7 Å². The van der Waals surface area contributed by atoms with E-state index >= 15 is 0 Å². The van der Waals surface area contributed by atoms with E-state index < -0.39 is 0 Å². The molecule has 12 aromatic rings. The molecule has 0 radical (unpaired) electrons. The molecule has 0 N–H and O–H groups in total. The second-order valence-corrected chi connectivity index (χ2v) is 18.3. The molecule has 3 heterocycles. The zero-order valence-electron chi connectivity index (χ0n) is 38.4. The van der Waals surface area contributed by atoms with Gasteiger partial charge in [0.25, 0.3) is 0 Å². The van der Waals surface area contributed by atoms with Gasteiger partial charge in [-0.3, -0.25) is 4.98 Å². The standard InChI is InChI=1S/C64H46N4/c1-40-9-5-13-46(29-40)50-17-21-58-54(35-50)55-36-51(47-14-6-10-41(2)30-47)18-22-59(55)67(58)62-33-44(39-65)34-63(64(62)45-25-27-66-28-26-45)68-60-23-19-52(48-15-7-11-42(3)31-48)37-56(60)57-38-53(20-24-61(57)68)49-16-8-12-43(4)32-49/h5-38H,1-4H3. The summed E-state index contributed by atoms with van der Waals surface area (Å²) in [7, 11) is 0. The lowest BCUT2D eigenvalue weighted by molar-refractivity contribution is 1.13. The Morgan fingerprint density at radius 3 is 0.941 bits per heavy atom. The van der Waals surface area contributed by atoms with Crippen molar-refractivity contribution in [3.63, 3.8) is 0 Å². The highest BCUT2D eigenvalue weighted by Crippen LogP contribution is 2.45. The van der Waals surface area contributed by atoms with E-state index in [1.165, 1.54) is 44.5 Å². The molecule has 0 aliphatic rings. The van der Waals surface area contributed by atoms with Gasteiger partial charge >= 0.3 is 0 Å². The molecule has 0 aliphatic heterocycles. The number of nitrogens with zero attached hydrogens (tertiary/aromatic N) is 4. The third-order valence-corrected chi connectivity index (χ3v) is 13.6. The lowest BCUT2D eigenvalue weighted by Gasteiger charge is -2.21. The number of hydrogen-bond donors (Lipinski definition) is 0. The van der Waals surface area contributed by atoms with Gasteiger partial charge in [-0.25, -0.2) is 0 Å². The van der Waals surface area contributed by atoms with Crippen LogP contribution >= 0.6 is 0 Å². The van der Waals surface area contributed by atoms with Crippen LogP contribution in [0.15, 0.2) is 207 Å². The van der Waals surface area contributed by atoms with Crippen LogP contribution in [0.2, 0.25) is 0 Å². The minimum atomic E-state index is 0.568. The predicted octanol–water partition coefficient (Wildman–Crippen LogP) is 16.7. The summed E-state index contributed by atoms with van der Waals surface area (Å²) < 4.78 is 4.76. The number of aromatic nitrogens is 3. The zero-order chi connectivity index (χ0) is 46.0. The molecule has 68 heavy (non-hydrogen) atoms. The van der Waals surface area contributed by atoms with E-state index in [4.69, 9.17) is 0 Å². The Balaban J connectivity index is 1.19. The number of pyridine rings is 1.